The second kappa shape index (κ2) is 8.09. The fourth-order valence-corrected chi connectivity index (χ4v) is 3.32. The molecule has 132 valence electrons. The summed E-state index contributed by atoms with van der Waals surface area (Å²) in [7, 11) is -0.592. The minimum atomic E-state index is -4.94. The van der Waals surface area contributed by atoms with Gasteiger partial charge < -0.3 is 0 Å². The highest BCUT2D eigenvalue weighted by Crippen LogP contribution is 2.33. The molecule has 0 aliphatic heterocycles. The third-order valence-corrected chi connectivity index (χ3v) is 4.55. The number of hydrogen-bond donors (Lipinski definition) is 0. The molecule has 24 heavy (non-hydrogen) atoms. The van der Waals surface area contributed by atoms with E-state index in [1.165, 1.54) is 49.1 Å². The first-order chi connectivity index (χ1) is 11.3. The van der Waals surface area contributed by atoms with Crippen molar-refractivity contribution in [2.75, 3.05) is 0 Å². The van der Waals surface area contributed by atoms with Gasteiger partial charge in [-0.1, -0.05) is 37.5 Å². The topological polar surface area (TPSA) is 101 Å². The van der Waals surface area contributed by atoms with Gasteiger partial charge in [-0.2, -0.15) is 4.68 Å². The lowest BCUT2D eigenvalue weighted by molar-refractivity contribution is -2.00. The number of nitrogens with zero attached hydrogens (tertiary/aromatic N) is 2. The van der Waals surface area contributed by atoms with Gasteiger partial charge >= 0.3 is 0 Å². The van der Waals surface area contributed by atoms with Crippen LogP contribution in [0.3, 0.4) is 0 Å². The van der Waals surface area contributed by atoms with E-state index in [0.29, 0.717) is 0 Å². The van der Waals surface area contributed by atoms with E-state index in [-0.39, 0.29) is 0 Å². The molecule has 0 amide bonds. The Morgan fingerprint density at radius 1 is 1.00 bits per heavy atom. The van der Waals surface area contributed by atoms with E-state index in [2.05, 4.69) is 59.9 Å². The van der Waals surface area contributed by atoms with E-state index >= 15 is 0 Å². The van der Waals surface area contributed by atoms with Gasteiger partial charge in [0.25, 0.3) is 0 Å². The first-order valence-electron chi connectivity index (χ1n) is 8.00. The molecule has 0 bridgehead atoms. The van der Waals surface area contributed by atoms with Crippen LogP contribution in [0, 0.1) is 10.2 Å². The highest BCUT2D eigenvalue weighted by atomic mass is 35.7. The Kier molecular flexibility index (Phi) is 6.37. The molecule has 0 spiro atoms. The van der Waals surface area contributed by atoms with Gasteiger partial charge in [0.15, 0.2) is 7.05 Å². The number of halogens is 1. The van der Waals surface area contributed by atoms with Crippen molar-refractivity contribution in [2.45, 2.75) is 38.0 Å². The van der Waals surface area contributed by atoms with Crippen LogP contribution < -0.4 is 23.3 Å². The lowest BCUT2D eigenvalue weighted by Crippen LogP contribution is -2.68. The van der Waals surface area contributed by atoms with Crippen molar-refractivity contribution in [1.29, 1.82) is 0 Å². The molecule has 2 aromatic rings. The van der Waals surface area contributed by atoms with Crippen molar-refractivity contribution < 1.29 is 33.6 Å². The molecule has 1 aromatic heterocycles. The van der Waals surface area contributed by atoms with E-state index in [9.17, 15) is 0 Å². The number of rotatable bonds is 2. The summed E-state index contributed by atoms with van der Waals surface area (Å²) in [4.78, 5) is 0. The monoisotopic (exact) mass is 354 g/mol. The molecule has 7 heteroatoms. The van der Waals surface area contributed by atoms with Crippen molar-refractivity contribution in [3.8, 4) is 11.3 Å². The van der Waals surface area contributed by atoms with Crippen molar-refractivity contribution in [3.05, 3.63) is 42.1 Å². The molecule has 1 aliphatic carbocycles. The van der Waals surface area contributed by atoms with Gasteiger partial charge in [0.05, 0.1) is 12.7 Å². The van der Waals surface area contributed by atoms with Crippen LogP contribution in [0.15, 0.2) is 36.4 Å². The van der Waals surface area contributed by atoms with Gasteiger partial charge in [0.1, 0.15) is 0 Å². The zero-order valence-electron chi connectivity index (χ0n) is 14.0. The maximum absolute atomic E-state index is 8.49. The minimum Gasteiger partial charge on any atom is -0.222 e. The van der Waals surface area contributed by atoms with Crippen LogP contribution in [0.4, 0.5) is 0 Å². The largest absolute Gasteiger partial charge is 0.238 e. The number of aromatic nitrogens is 2. The third-order valence-electron chi connectivity index (χ3n) is 4.55. The summed E-state index contributed by atoms with van der Waals surface area (Å²) in [5.74, 6) is 0.752. The van der Waals surface area contributed by atoms with E-state index in [1.807, 2.05) is 0 Å². The zero-order chi connectivity index (χ0) is 17.7. The first kappa shape index (κ1) is 18.9. The Bertz CT molecular complexity index is 641. The summed E-state index contributed by atoms with van der Waals surface area (Å²) in [6, 6.07) is 13.1. The maximum atomic E-state index is 8.49. The summed E-state index contributed by atoms with van der Waals surface area (Å²) < 4.78 is 38.6. The maximum Gasteiger partial charge on any atom is 0.238 e. The van der Waals surface area contributed by atoms with Crippen LogP contribution in [0.1, 0.15) is 43.7 Å². The standard InChI is InChI=1S/C17H23N2.ClHO4/c1-18-16(14-9-5-3-6-10-14)13-17(19(18)2)15-11-7-4-8-12-15;2-1(3,4)5/h3,5-6,9-10,13,15H,4,7-8,11-12H2,1-2H3;(H,2,3,4,5)/q+1;/p-1. The molecule has 0 radical (unpaired) electrons. The molecule has 1 fully saturated rings. The Balaban J connectivity index is 0.000000368. The molecule has 1 aliphatic rings. The summed E-state index contributed by atoms with van der Waals surface area (Å²) in [6.45, 7) is 0. The van der Waals surface area contributed by atoms with Crippen LogP contribution in [0.25, 0.3) is 11.3 Å². The number of hydrogen-bond acceptors (Lipinski definition) is 4. The predicted molar refractivity (Wildman–Crippen MR) is 77.9 cm³/mol. The zero-order valence-corrected chi connectivity index (χ0v) is 14.7. The molecule has 0 atom stereocenters. The second-order valence-electron chi connectivity index (χ2n) is 6.08. The normalized spacial score (nSPS) is 15.8. The molecule has 3 rings (SSSR count). The molecule has 0 saturated heterocycles. The second-order valence-corrected chi connectivity index (χ2v) is 6.84. The Morgan fingerprint density at radius 3 is 2.08 bits per heavy atom. The van der Waals surface area contributed by atoms with Gasteiger partial charge in [0, 0.05) is 17.5 Å². The fourth-order valence-electron chi connectivity index (χ4n) is 3.32. The van der Waals surface area contributed by atoms with Gasteiger partial charge in [-0.05, 0) is 25.0 Å². The Hall–Kier alpha value is -1.44. The molecule has 1 aromatic carbocycles. The van der Waals surface area contributed by atoms with Crippen LogP contribution in [0.5, 0.6) is 0 Å². The summed E-state index contributed by atoms with van der Waals surface area (Å²) >= 11 is 0. The quantitative estimate of drug-likeness (QED) is 0.633. The molecule has 0 N–H and O–H groups in total. The predicted octanol–water partition coefficient (Wildman–Crippen LogP) is -1.19. The van der Waals surface area contributed by atoms with E-state index < -0.39 is 10.2 Å². The van der Waals surface area contributed by atoms with Crippen molar-refractivity contribution >= 4 is 0 Å². The van der Waals surface area contributed by atoms with E-state index in [1.54, 1.807) is 0 Å². The van der Waals surface area contributed by atoms with Crippen LogP contribution in [-0.2, 0) is 14.1 Å². The van der Waals surface area contributed by atoms with Gasteiger partial charge in [-0.3, -0.25) is 0 Å². The molecule has 0 unspecified atom stereocenters. The average Bonchev–Trinajstić information content (AvgIpc) is 2.84. The Labute approximate surface area is 144 Å². The van der Waals surface area contributed by atoms with Crippen molar-refractivity contribution in [3.63, 3.8) is 0 Å². The van der Waals surface area contributed by atoms with Crippen LogP contribution in [0.2, 0.25) is 0 Å². The third kappa shape index (κ3) is 5.29. The van der Waals surface area contributed by atoms with Crippen molar-refractivity contribution in [2.24, 2.45) is 14.1 Å². The average molecular weight is 355 g/mol. The minimum absolute atomic E-state index is 0.752. The molecular weight excluding hydrogens is 332 g/mol. The highest BCUT2D eigenvalue weighted by molar-refractivity contribution is 5.56. The van der Waals surface area contributed by atoms with Crippen LogP contribution >= 0.6 is 0 Å². The summed E-state index contributed by atoms with van der Waals surface area (Å²) in [5.41, 5.74) is 4.13. The molecule has 1 saturated carbocycles. The Morgan fingerprint density at radius 2 is 1.54 bits per heavy atom. The van der Waals surface area contributed by atoms with Crippen molar-refractivity contribution in [1.82, 2.24) is 4.68 Å². The lowest BCUT2D eigenvalue weighted by atomic mass is 9.86. The van der Waals surface area contributed by atoms with E-state index in [0.717, 1.165) is 5.92 Å². The first-order valence-corrected chi connectivity index (χ1v) is 9.24. The van der Waals surface area contributed by atoms with Gasteiger partial charge in [0.2, 0.25) is 5.69 Å². The van der Waals surface area contributed by atoms with Crippen LogP contribution in [-0.4, -0.2) is 4.68 Å². The molecule has 6 nitrogen and oxygen atoms in total. The fraction of sp³-hybridized carbons (Fsp3) is 0.471. The van der Waals surface area contributed by atoms with Gasteiger partial charge in [-0.15, -0.1) is 14.9 Å². The molecule has 1 heterocycles. The smallest absolute Gasteiger partial charge is 0.222 e. The summed E-state index contributed by atoms with van der Waals surface area (Å²) in [6.07, 6.45) is 6.90. The molecular formula is C17H23ClN2O4. The van der Waals surface area contributed by atoms with E-state index in [4.69, 9.17) is 18.6 Å². The van der Waals surface area contributed by atoms with Gasteiger partial charge in [-0.25, -0.2) is 18.6 Å². The lowest BCUT2D eigenvalue weighted by Gasteiger charge is -2.20. The summed E-state index contributed by atoms with van der Waals surface area (Å²) in [5, 5.41) is 0. The SMILES string of the molecule is Cn1c(C2CCCCC2)cc(-c2ccccc2)[n+]1C.[O-][Cl+3]([O-])([O-])[O-]. The highest BCUT2D eigenvalue weighted by Gasteiger charge is 2.25. The number of benzene rings is 1.